The maximum absolute atomic E-state index is 11.6. The molecule has 19 heavy (non-hydrogen) atoms. The summed E-state index contributed by atoms with van der Waals surface area (Å²) in [6, 6.07) is 5.45. The molecule has 1 aliphatic rings. The van der Waals surface area contributed by atoms with Crippen LogP contribution in [0.25, 0.3) is 0 Å². The molecular formula is C13H19ClN2O3. The van der Waals surface area contributed by atoms with E-state index < -0.39 is 0 Å². The van der Waals surface area contributed by atoms with Gasteiger partial charge in [0.05, 0.1) is 6.04 Å². The van der Waals surface area contributed by atoms with Crippen LogP contribution in [0.2, 0.25) is 0 Å². The van der Waals surface area contributed by atoms with Gasteiger partial charge in [0.2, 0.25) is 12.7 Å². The number of carbonyl (C=O) groups is 1. The third kappa shape index (κ3) is 4.01. The van der Waals surface area contributed by atoms with Crippen LogP contribution in [0.1, 0.15) is 31.9 Å². The molecule has 0 saturated carbocycles. The third-order valence-corrected chi connectivity index (χ3v) is 2.78. The Morgan fingerprint density at radius 2 is 2.05 bits per heavy atom. The SMILES string of the molecule is CC(N)CC(=O)NC(C)c1ccc2c(c1)OCO2.Cl. The van der Waals surface area contributed by atoms with Crippen molar-refractivity contribution < 1.29 is 14.3 Å². The van der Waals surface area contributed by atoms with Crippen molar-refractivity contribution in [3.05, 3.63) is 23.8 Å². The summed E-state index contributed by atoms with van der Waals surface area (Å²) in [6.45, 7) is 3.99. The van der Waals surface area contributed by atoms with Gasteiger partial charge in [0, 0.05) is 12.5 Å². The molecule has 1 aromatic carbocycles. The van der Waals surface area contributed by atoms with Gasteiger partial charge in [0.1, 0.15) is 0 Å². The van der Waals surface area contributed by atoms with Crippen molar-refractivity contribution in [2.24, 2.45) is 5.73 Å². The number of nitrogens with one attached hydrogen (secondary N) is 1. The Morgan fingerprint density at radius 3 is 2.74 bits per heavy atom. The van der Waals surface area contributed by atoms with Crippen LogP contribution in [0.4, 0.5) is 0 Å². The molecular weight excluding hydrogens is 268 g/mol. The molecule has 3 N–H and O–H groups in total. The van der Waals surface area contributed by atoms with E-state index in [4.69, 9.17) is 15.2 Å². The van der Waals surface area contributed by atoms with Crippen molar-refractivity contribution in [3.63, 3.8) is 0 Å². The van der Waals surface area contributed by atoms with Gasteiger partial charge in [-0.1, -0.05) is 6.07 Å². The molecule has 106 valence electrons. The minimum atomic E-state index is -0.131. The first kappa shape index (κ1) is 15.6. The lowest BCUT2D eigenvalue weighted by molar-refractivity contribution is -0.122. The molecule has 0 saturated heterocycles. The van der Waals surface area contributed by atoms with Gasteiger partial charge in [-0.05, 0) is 31.5 Å². The van der Waals surface area contributed by atoms with Crippen molar-refractivity contribution in [3.8, 4) is 11.5 Å². The third-order valence-electron chi connectivity index (χ3n) is 2.78. The molecule has 0 bridgehead atoms. The minimum absolute atomic E-state index is 0. The molecule has 1 aromatic rings. The Kier molecular flexibility index (Phi) is 5.44. The molecule has 2 rings (SSSR count). The molecule has 1 heterocycles. The Labute approximate surface area is 118 Å². The van der Waals surface area contributed by atoms with Crippen LogP contribution >= 0.6 is 12.4 Å². The molecule has 0 aromatic heterocycles. The summed E-state index contributed by atoms with van der Waals surface area (Å²) in [6.07, 6.45) is 0.328. The monoisotopic (exact) mass is 286 g/mol. The van der Waals surface area contributed by atoms with Crippen molar-refractivity contribution in [1.82, 2.24) is 5.32 Å². The number of nitrogens with two attached hydrogens (primary N) is 1. The summed E-state index contributed by atoms with van der Waals surface area (Å²) in [4.78, 5) is 11.6. The van der Waals surface area contributed by atoms with E-state index in [0.717, 1.165) is 17.1 Å². The number of hydrogen-bond donors (Lipinski definition) is 2. The van der Waals surface area contributed by atoms with Crippen LogP contribution in [0, 0.1) is 0 Å². The van der Waals surface area contributed by atoms with Gasteiger partial charge in [-0.25, -0.2) is 0 Å². The Morgan fingerprint density at radius 1 is 1.37 bits per heavy atom. The summed E-state index contributed by atoms with van der Waals surface area (Å²) in [5.74, 6) is 1.42. The second kappa shape index (κ2) is 6.63. The van der Waals surface area contributed by atoms with Gasteiger partial charge in [0.25, 0.3) is 0 Å². The predicted molar refractivity (Wildman–Crippen MR) is 74.6 cm³/mol. The zero-order chi connectivity index (χ0) is 13.1. The fraction of sp³-hybridized carbons (Fsp3) is 0.462. The number of fused-ring (bicyclic) bond motifs is 1. The largest absolute Gasteiger partial charge is 0.454 e. The number of hydrogen-bond acceptors (Lipinski definition) is 4. The van der Waals surface area contributed by atoms with Crippen LogP contribution in [0.15, 0.2) is 18.2 Å². The van der Waals surface area contributed by atoms with Crippen LogP contribution < -0.4 is 20.5 Å². The Balaban J connectivity index is 0.00000180. The van der Waals surface area contributed by atoms with E-state index in [9.17, 15) is 4.79 Å². The summed E-state index contributed by atoms with van der Waals surface area (Å²) < 4.78 is 10.5. The predicted octanol–water partition coefficient (Wildman–Crippen LogP) is 1.75. The highest BCUT2D eigenvalue weighted by Crippen LogP contribution is 2.34. The molecule has 1 amide bonds. The molecule has 6 heteroatoms. The second-order valence-corrected chi connectivity index (χ2v) is 4.58. The zero-order valence-corrected chi connectivity index (χ0v) is 11.8. The molecule has 0 aliphatic carbocycles. The number of benzene rings is 1. The maximum atomic E-state index is 11.6. The molecule has 0 fully saturated rings. The zero-order valence-electron chi connectivity index (χ0n) is 11.0. The summed E-state index contributed by atoms with van der Waals surface area (Å²) in [7, 11) is 0. The van der Waals surface area contributed by atoms with Gasteiger partial charge in [0.15, 0.2) is 11.5 Å². The van der Waals surface area contributed by atoms with E-state index >= 15 is 0 Å². The molecule has 1 aliphatic heterocycles. The van der Waals surface area contributed by atoms with E-state index in [-0.39, 0.29) is 37.2 Å². The molecule has 0 radical (unpaired) electrons. The Hall–Kier alpha value is -1.46. The van der Waals surface area contributed by atoms with E-state index in [1.807, 2.05) is 32.0 Å². The summed E-state index contributed by atoms with van der Waals surface area (Å²) >= 11 is 0. The number of rotatable bonds is 4. The van der Waals surface area contributed by atoms with E-state index in [0.29, 0.717) is 6.42 Å². The highest BCUT2D eigenvalue weighted by molar-refractivity contribution is 5.85. The first-order chi connectivity index (χ1) is 8.56. The smallest absolute Gasteiger partial charge is 0.231 e. The van der Waals surface area contributed by atoms with Crippen molar-refractivity contribution in [2.45, 2.75) is 32.4 Å². The highest BCUT2D eigenvalue weighted by Gasteiger charge is 2.17. The number of halogens is 1. The topological polar surface area (TPSA) is 73.6 Å². The fourth-order valence-corrected chi connectivity index (χ4v) is 1.86. The van der Waals surface area contributed by atoms with Gasteiger partial charge in [-0.15, -0.1) is 12.4 Å². The standard InChI is InChI=1S/C13H18N2O3.ClH/c1-8(14)5-13(16)15-9(2)10-3-4-11-12(6-10)18-7-17-11;/h3-4,6,8-9H,5,7,14H2,1-2H3,(H,15,16);1H. The first-order valence-corrected chi connectivity index (χ1v) is 6.00. The molecule has 2 atom stereocenters. The lowest BCUT2D eigenvalue weighted by Crippen LogP contribution is -2.31. The lowest BCUT2D eigenvalue weighted by Gasteiger charge is -2.15. The summed E-state index contributed by atoms with van der Waals surface area (Å²) in [5, 5.41) is 2.90. The van der Waals surface area contributed by atoms with Gasteiger partial charge in [-0.2, -0.15) is 0 Å². The molecule has 0 spiro atoms. The van der Waals surface area contributed by atoms with Gasteiger partial charge < -0.3 is 20.5 Å². The highest BCUT2D eigenvalue weighted by atomic mass is 35.5. The van der Waals surface area contributed by atoms with E-state index in [2.05, 4.69) is 5.32 Å². The van der Waals surface area contributed by atoms with Crippen LogP contribution in [0.3, 0.4) is 0 Å². The van der Waals surface area contributed by atoms with E-state index in [1.165, 1.54) is 0 Å². The Bertz CT molecular complexity index is 452. The average molecular weight is 287 g/mol. The lowest BCUT2D eigenvalue weighted by atomic mass is 10.1. The molecule has 2 unspecified atom stereocenters. The van der Waals surface area contributed by atoms with Crippen LogP contribution in [-0.2, 0) is 4.79 Å². The van der Waals surface area contributed by atoms with Crippen molar-refractivity contribution in [2.75, 3.05) is 6.79 Å². The van der Waals surface area contributed by atoms with Gasteiger partial charge in [-0.3, -0.25) is 4.79 Å². The fourth-order valence-electron chi connectivity index (χ4n) is 1.86. The number of carbonyl (C=O) groups excluding carboxylic acids is 1. The molecule has 5 nitrogen and oxygen atoms in total. The van der Waals surface area contributed by atoms with Crippen molar-refractivity contribution >= 4 is 18.3 Å². The summed E-state index contributed by atoms with van der Waals surface area (Å²) in [5.41, 5.74) is 6.57. The quantitative estimate of drug-likeness (QED) is 0.884. The normalized spacial score (nSPS) is 15.3. The van der Waals surface area contributed by atoms with Gasteiger partial charge >= 0.3 is 0 Å². The number of ether oxygens (including phenoxy) is 2. The second-order valence-electron chi connectivity index (χ2n) is 4.58. The maximum Gasteiger partial charge on any atom is 0.231 e. The number of amides is 1. The minimum Gasteiger partial charge on any atom is -0.454 e. The van der Waals surface area contributed by atoms with Crippen molar-refractivity contribution in [1.29, 1.82) is 0 Å². The van der Waals surface area contributed by atoms with E-state index in [1.54, 1.807) is 0 Å². The van der Waals surface area contributed by atoms with Crippen LogP contribution in [-0.4, -0.2) is 18.7 Å². The van der Waals surface area contributed by atoms with Crippen LogP contribution in [0.5, 0.6) is 11.5 Å². The first-order valence-electron chi connectivity index (χ1n) is 6.00. The average Bonchev–Trinajstić information content (AvgIpc) is 2.74.